The Morgan fingerprint density at radius 2 is 2.07 bits per heavy atom. The molecule has 14 heavy (non-hydrogen) atoms. The largest absolute Gasteiger partial charge is 0.293 e. The molecule has 0 radical (unpaired) electrons. The van der Waals surface area contributed by atoms with Crippen molar-refractivity contribution in [1.82, 2.24) is 0 Å². The smallest absolute Gasteiger partial charge is 0.0991 e. The van der Waals surface area contributed by atoms with E-state index >= 15 is 0 Å². The molecule has 1 aromatic carbocycles. The zero-order chi connectivity index (χ0) is 10.2. The van der Waals surface area contributed by atoms with Gasteiger partial charge in [-0.05, 0) is 24.1 Å². The molecule has 0 atom stereocenters. The first-order valence-corrected chi connectivity index (χ1v) is 4.87. The van der Waals surface area contributed by atoms with Crippen molar-refractivity contribution in [3.63, 3.8) is 0 Å². The predicted molar refractivity (Wildman–Crippen MR) is 58.5 cm³/mol. The number of hydrogen-bond acceptors (Lipinski definition) is 2. The fraction of sp³-hybridized carbons (Fsp3) is 0.333. The van der Waals surface area contributed by atoms with E-state index in [-0.39, 0.29) is 0 Å². The van der Waals surface area contributed by atoms with E-state index in [1.807, 2.05) is 18.3 Å². The van der Waals surface area contributed by atoms with E-state index in [0.29, 0.717) is 5.56 Å². The van der Waals surface area contributed by atoms with Crippen molar-refractivity contribution >= 4 is 6.21 Å². The maximum absolute atomic E-state index is 8.59. The van der Waals surface area contributed by atoms with Crippen molar-refractivity contribution < 1.29 is 0 Å². The molecule has 0 aromatic heterocycles. The van der Waals surface area contributed by atoms with Crippen LogP contribution in [0.1, 0.15) is 30.9 Å². The molecular weight excluding hydrogens is 172 g/mol. The summed E-state index contributed by atoms with van der Waals surface area (Å²) in [5.74, 6) is 0. The fourth-order valence-electron chi connectivity index (χ4n) is 1.06. The summed E-state index contributed by atoms with van der Waals surface area (Å²) in [6.07, 6.45) is 4.16. The van der Waals surface area contributed by atoms with Crippen LogP contribution in [-0.2, 0) is 0 Å². The summed E-state index contributed by atoms with van der Waals surface area (Å²) in [6, 6.07) is 9.52. The summed E-state index contributed by atoms with van der Waals surface area (Å²) in [6.45, 7) is 3.04. The molecule has 1 rings (SSSR count). The summed E-state index contributed by atoms with van der Waals surface area (Å²) in [4.78, 5) is 4.28. The van der Waals surface area contributed by atoms with Gasteiger partial charge in [0, 0.05) is 12.8 Å². The predicted octanol–water partition coefficient (Wildman–Crippen LogP) is 2.78. The lowest BCUT2D eigenvalue weighted by Gasteiger charge is -1.93. The standard InChI is InChI=1S/C12H14N2/c1-2-3-8-14-10-12-6-4-11(9-13)5-7-12/h4-7,10H,2-3,8H2,1H3. The van der Waals surface area contributed by atoms with Gasteiger partial charge in [0.15, 0.2) is 0 Å². The van der Waals surface area contributed by atoms with Crippen molar-refractivity contribution in [2.75, 3.05) is 6.54 Å². The normalized spacial score (nSPS) is 10.3. The van der Waals surface area contributed by atoms with Gasteiger partial charge in [-0.2, -0.15) is 5.26 Å². The molecule has 2 nitrogen and oxygen atoms in total. The van der Waals surface area contributed by atoms with Crippen molar-refractivity contribution in [1.29, 1.82) is 5.26 Å². The molecule has 72 valence electrons. The average Bonchev–Trinajstić information content (AvgIpc) is 2.25. The molecule has 0 aliphatic carbocycles. The van der Waals surface area contributed by atoms with Crippen LogP contribution in [0.4, 0.5) is 0 Å². The fourth-order valence-corrected chi connectivity index (χ4v) is 1.06. The van der Waals surface area contributed by atoms with Crippen molar-refractivity contribution in [2.45, 2.75) is 19.8 Å². The molecular formula is C12H14N2. The number of benzene rings is 1. The van der Waals surface area contributed by atoms with Crippen LogP contribution in [0.5, 0.6) is 0 Å². The zero-order valence-corrected chi connectivity index (χ0v) is 8.40. The third-order valence-corrected chi connectivity index (χ3v) is 1.92. The Balaban J connectivity index is 2.52. The van der Waals surface area contributed by atoms with Gasteiger partial charge in [-0.1, -0.05) is 25.5 Å². The minimum Gasteiger partial charge on any atom is -0.293 e. The van der Waals surface area contributed by atoms with E-state index in [1.54, 1.807) is 12.1 Å². The van der Waals surface area contributed by atoms with E-state index < -0.39 is 0 Å². The molecule has 0 amide bonds. The summed E-state index contributed by atoms with van der Waals surface area (Å²) in [5, 5.41) is 8.59. The number of aliphatic imine (C=N–C) groups is 1. The van der Waals surface area contributed by atoms with Gasteiger partial charge >= 0.3 is 0 Å². The highest BCUT2D eigenvalue weighted by Gasteiger charge is 1.89. The number of nitrogens with zero attached hydrogens (tertiary/aromatic N) is 2. The van der Waals surface area contributed by atoms with E-state index in [1.165, 1.54) is 6.42 Å². The molecule has 1 aromatic rings. The van der Waals surface area contributed by atoms with Gasteiger partial charge in [0.05, 0.1) is 11.6 Å². The van der Waals surface area contributed by atoms with Gasteiger partial charge in [0.1, 0.15) is 0 Å². The van der Waals surface area contributed by atoms with Crippen LogP contribution in [0, 0.1) is 11.3 Å². The Bertz CT molecular complexity index is 330. The highest BCUT2D eigenvalue weighted by atomic mass is 14.7. The van der Waals surface area contributed by atoms with Crippen molar-refractivity contribution in [3.05, 3.63) is 35.4 Å². The number of unbranched alkanes of at least 4 members (excludes halogenated alkanes) is 1. The van der Waals surface area contributed by atoms with Gasteiger partial charge in [0.2, 0.25) is 0 Å². The van der Waals surface area contributed by atoms with E-state index in [2.05, 4.69) is 18.0 Å². The van der Waals surface area contributed by atoms with Crippen LogP contribution in [0.15, 0.2) is 29.3 Å². The summed E-state index contributed by atoms with van der Waals surface area (Å²) >= 11 is 0. The van der Waals surface area contributed by atoms with Gasteiger partial charge in [-0.15, -0.1) is 0 Å². The highest BCUT2D eigenvalue weighted by molar-refractivity contribution is 5.79. The molecule has 0 saturated carbocycles. The van der Waals surface area contributed by atoms with Gasteiger partial charge in [-0.3, -0.25) is 4.99 Å². The second kappa shape index (κ2) is 5.93. The number of rotatable bonds is 4. The summed E-state index contributed by atoms with van der Waals surface area (Å²) in [5.41, 5.74) is 1.75. The summed E-state index contributed by atoms with van der Waals surface area (Å²) in [7, 11) is 0. The molecule has 0 spiro atoms. The quantitative estimate of drug-likeness (QED) is 0.526. The van der Waals surface area contributed by atoms with Crippen molar-refractivity contribution in [2.24, 2.45) is 4.99 Å². The molecule has 0 aliphatic heterocycles. The SMILES string of the molecule is CCCCN=Cc1ccc(C#N)cc1. The van der Waals surface area contributed by atoms with Gasteiger partial charge in [0.25, 0.3) is 0 Å². The van der Waals surface area contributed by atoms with Crippen LogP contribution in [0.3, 0.4) is 0 Å². The van der Waals surface area contributed by atoms with Crippen LogP contribution in [0.2, 0.25) is 0 Å². The first-order chi connectivity index (χ1) is 6.86. The molecule has 0 saturated heterocycles. The molecule has 0 aliphatic rings. The lowest BCUT2D eigenvalue weighted by Crippen LogP contribution is -1.84. The van der Waals surface area contributed by atoms with Crippen LogP contribution in [-0.4, -0.2) is 12.8 Å². The minimum absolute atomic E-state index is 0.690. The summed E-state index contributed by atoms with van der Waals surface area (Å²) < 4.78 is 0. The van der Waals surface area contributed by atoms with E-state index in [9.17, 15) is 0 Å². The second-order valence-electron chi connectivity index (χ2n) is 3.12. The second-order valence-corrected chi connectivity index (χ2v) is 3.12. The van der Waals surface area contributed by atoms with Gasteiger partial charge < -0.3 is 0 Å². The van der Waals surface area contributed by atoms with E-state index in [0.717, 1.165) is 18.5 Å². The average molecular weight is 186 g/mol. The third kappa shape index (κ3) is 3.40. The zero-order valence-electron chi connectivity index (χ0n) is 8.40. The topological polar surface area (TPSA) is 36.1 Å². The third-order valence-electron chi connectivity index (χ3n) is 1.92. The molecule has 0 bridgehead atoms. The lowest BCUT2D eigenvalue weighted by molar-refractivity contribution is 0.810. The van der Waals surface area contributed by atoms with Crippen molar-refractivity contribution in [3.8, 4) is 6.07 Å². The molecule has 0 unspecified atom stereocenters. The number of hydrogen-bond donors (Lipinski definition) is 0. The maximum Gasteiger partial charge on any atom is 0.0991 e. The number of nitriles is 1. The Hall–Kier alpha value is -1.62. The van der Waals surface area contributed by atoms with Crippen LogP contribution < -0.4 is 0 Å². The molecule has 2 heteroatoms. The first kappa shape index (κ1) is 10.5. The van der Waals surface area contributed by atoms with E-state index in [4.69, 9.17) is 5.26 Å². The Morgan fingerprint density at radius 3 is 2.64 bits per heavy atom. The van der Waals surface area contributed by atoms with Gasteiger partial charge in [-0.25, -0.2) is 0 Å². The highest BCUT2D eigenvalue weighted by Crippen LogP contribution is 2.00. The first-order valence-electron chi connectivity index (χ1n) is 4.87. The Kier molecular flexibility index (Phi) is 4.43. The Labute approximate surface area is 84.9 Å². The molecule has 0 N–H and O–H groups in total. The lowest BCUT2D eigenvalue weighted by atomic mass is 10.2. The minimum atomic E-state index is 0.690. The maximum atomic E-state index is 8.59. The Morgan fingerprint density at radius 1 is 1.36 bits per heavy atom. The monoisotopic (exact) mass is 186 g/mol. The van der Waals surface area contributed by atoms with Crippen LogP contribution >= 0.6 is 0 Å². The van der Waals surface area contributed by atoms with Crippen LogP contribution in [0.25, 0.3) is 0 Å². The molecule has 0 fully saturated rings. The molecule has 0 heterocycles.